The third kappa shape index (κ3) is 7.94. The molecular formula is C32H36IrNO2S-. The number of aliphatic hydroxyl groups excluding tert-OH is 1. The first-order valence-corrected chi connectivity index (χ1v) is 13.0. The van der Waals surface area contributed by atoms with Gasteiger partial charge in [-0.05, 0) is 67.1 Å². The summed E-state index contributed by atoms with van der Waals surface area (Å²) in [5.74, 6) is -0.0625. The minimum Gasteiger partial charge on any atom is -0.512 e. The Morgan fingerprint density at radius 3 is 2.08 bits per heavy atom. The molecule has 0 aliphatic rings. The van der Waals surface area contributed by atoms with Crippen molar-refractivity contribution < 1.29 is 30.0 Å². The van der Waals surface area contributed by atoms with E-state index in [0.29, 0.717) is 0 Å². The van der Waals surface area contributed by atoms with E-state index in [-0.39, 0.29) is 37.1 Å². The van der Waals surface area contributed by atoms with Crippen molar-refractivity contribution >= 4 is 27.3 Å². The van der Waals surface area contributed by atoms with Gasteiger partial charge in [-0.1, -0.05) is 58.9 Å². The summed E-state index contributed by atoms with van der Waals surface area (Å²) in [7, 11) is 0. The number of aliphatic hydroxyl groups is 1. The van der Waals surface area contributed by atoms with Crippen molar-refractivity contribution in [2.24, 2.45) is 0 Å². The van der Waals surface area contributed by atoms with E-state index in [1.807, 2.05) is 0 Å². The molecule has 0 aliphatic carbocycles. The number of fused-ring (bicyclic) bond motifs is 1. The number of hydrogen-bond acceptors (Lipinski definition) is 4. The summed E-state index contributed by atoms with van der Waals surface area (Å²) >= 11 is 1.78. The number of ketones is 1. The van der Waals surface area contributed by atoms with Crippen molar-refractivity contribution in [3.63, 3.8) is 0 Å². The number of aryl methyl sites for hydroxylation is 4. The third-order valence-corrected chi connectivity index (χ3v) is 6.93. The predicted octanol–water partition coefficient (Wildman–Crippen LogP) is 9.00. The van der Waals surface area contributed by atoms with Crippen molar-refractivity contribution in [3.8, 4) is 21.7 Å². The van der Waals surface area contributed by atoms with Gasteiger partial charge in [-0.3, -0.25) is 9.78 Å². The zero-order valence-electron chi connectivity index (χ0n) is 23.2. The summed E-state index contributed by atoms with van der Waals surface area (Å²) in [6.45, 7) is 18.3. The van der Waals surface area contributed by atoms with Crippen LogP contribution >= 0.6 is 11.3 Å². The number of carbonyl (C=O) groups is 1. The molecule has 4 aromatic rings. The molecule has 0 saturated heterocycles. The molecule has 3 nitrogen and oxygen atoms in total. The van der Waals surface area contributed by atoms with Gasteiger partial charge in [0.05, 0.1) is 5.76 Å². The van der Waals surface area contributed by atoms with Crippen LogP contribution in [0.25, 0.3) is 31.9 Å². The SMILES string of the molecule is CC(=O)/C=C(/C)O.Cc1[c-]c(-c2ccc3cc(-c4c(C)cc(C(C)(C)C)cc4C)sc3n2)cc(C)c1.[Ir]. The summed E-state index contributed by atoms with van der Waals surface area (Å²) in [4.78, 5) is 17.4. The number of thiophene rings is 1. The molecular weight excluding hydrogens is 655 g/mol. The zero-order valence-corrected chi connectivity index (χ0v) is 26.4. The Morgan fingerprint density at radius 2 is 1.59 bits per heavy atom. The molecule has 0 fully saturated rings. The molecule has 5 heteroatoms. The van der Waals surface area contributed by atoms with Crippen LogP contribution in [-0.4, -0.2) is 15.9 Å². The maximum Gasteiger partial charge on any atom is 0.155 e. The Balaban J connectivity index is 0.000000532. The van der Waals surface area contributed by atoms with Crippen molar-refractivity contribution in [2.45, 2.75) is 67.7 Å². The molecule has 4 rings (SSSR count). The summed E-state index contributed by atoms with van der Waals surface area (Å²) in [6.07, 6.45) is 1.17. The molecule has 2 aromatic heterocycles. The second-order valence-corrected chi connectivity index (χ2v) is 11.6. The van der Waals surface area contributed by atoms with E-state index in [2.05, 4.69) is 97.0 Å². The summed E-state index contributed by atoms with van der Waals surface area (Å²) in [6, 6.07) is 19.0. The van der Waals surface area contributed by atoms with Crippen molar-refractivity contribution in [1.29, 1.82) is 0 Å². The number of allylic oxidation sites excluding steroid dienone is 2. The average molecular weight is 691 g/mol. The van der Waals surface area contributed by atoms with Crippen LogP contribution in [-0.2, 0) is 30.3 Å². The number of aromatic nitrogens is 1. The monoisotopic (exact) mass is 691 g/mol. The van der Waals surface area contributed by atoms with Crippen LogP contribution in [0.4, 0.5) is 0 Å². The van der Waals surface area contributed by atoms with Gasteiger partial charge in [-0.2, -0.15) is 0 Å². The first-order valence-electron chi connectivity index (χ1n) is 12.2. The number of rotatable bonds is 3. The van der Waals surface area contributed by atoms with Gasteiger partial charge < -0.3 is 5.11 Å². The quantitative estimate of drug-likeness (QED) is 0.133. The van der Waals surface area contributed by atoms with E-state index in [1.165, 1.54) is 58.0 Å². The van der Waals surface area contributed by atoms with E-state index in [9.17, 15) is 4.79 Å². The van der Waals surface area contributed by atoms with Crippen molar-refractivity contribution in [2.75, 3.05) is 0 Å². The smallest absolute Gasteiger partial charge is 0.155 e. The normalized spacial score (nSPS) is 11.5. The Labute approximate surface area is 239 Å². The van der Waals surface area contributed by atoms with Crippen LogP contribution in [0.2, 0.25) is 0 Å². The Kier molecular flexibility index (Phi) is 10.2. The molecule has 37 heavy (non-hydrogen) atoms. The minimum atomic E-state index is -0.125. The van der Waals surface area contributed by atoms with Crippen molar-refractivity contribution in [3.05, 3.63) is 88.2 Å². The van der Waals surface area contributed by atoms with E-state index >= 15 is 0 Å². The molecule has 0 saturated carbocycles. The van der Waals surface area contributed by atoms with E-state index in [4.69, 9.17) is 10.1 Å². The molecule has 2 aromatic carbocycles. The van der Waals surface area contributed by atoms with Gasteiger partial charge in [-0.15, -0.1) is 46.2 Å². The fourth-order valence-corrected chi connectivity index (χ4v) is 5.51. The minimum absolute atomic E-state index is 0. The van der Waals surface area contributed by atoms with Crippen LogP contribution in [0, 0.1) is 33.8 Å². The number of carbonyl (C=O) groups excluding carboxylic acids is 1. The molecule has 1 N–H and O–H groups in total. The second-order valence-electron chi connectivity index (χ2n) is 10.6. The topological polar surface area (TPSA) is 50.2 Å². The molecule has 0 unspecified atom stereocenters. The Hall–Kier alpha value is -2.59. The van der Waals surface area contributed by atoms with Gasteiger partial charge in [0.25, 0.3) is 0 Å². The van der Waals surface area contributed by atoms with Gasteiger partial charge in [0.1, 0.15) is 4.83 Å². The average Bonchev–Trinajstić information content (AvgIpc) is 3.14. The van der Waals surface area contributed by atoms with E-state index < -0.39 is 0 Å². The molecule has 0 amide bonds. The molecule has 0 aliphatic heterocycles. The van der Waals surface area contributed by atoms with Gasteiger partial charge in [0, 0.05) is 36.4 Å². The first kappa shape index (κ1) is 30.6. The maximum atomic E-state index is 10.0. The second kappa shape index (κ2) is 12.3. The molecule has 0 spiro atoms. The number of hydrogen-bond donors (Lipinski definition) is 1. The van der Waals surface area contributed by atoms with Gasteiger partial charge in [-0.25, -0.2) is 0 Å². The summed E-state index contributed by atoms with van der Waals surface area (Å²) < 4.78 is 0. The summed E-state index contributed by atoms with van der Waals surface area (Å²) in [5, 5.41) is 9.57. The zero-order chi connectivity index (χ0) is 26.8. The van der Waals surface area contributed by atoms with Crippen LogP contribution in [0.5, 0.6) is 0 Å². The number of nitrogens with zero attached hydrogens (tertiary/aromatic N) is 1. The molecule has 2 heterocycles. The van der Waals surface area contributed by atoms with Crippen LogP contribution < -0.4 is 0 Å². The van der Waals surface area contributed by atoms with Crippen molar-refractivity contribution in [1.82, 2.24) is 4.98 Å². The van der Waals surface area contributed by atoms with Crippen LogP contribution in [0.15, 0.2) is 54.3 Å². The molecule has 1 radical (unpaired) electrons. The van der Waals surface area contributed by atoms with E-state index in [1.54, 1.807) is 11.3 Å². The fraction of sp³-hybridized carbons (Fsp3) is 0.312. The maximum absolute atomic E-state index is 10.0. The molecule has 197 valence electrons. The predicted molar refractivity (Wildman–Crippen MR) is 154 cm³/mol. The van der Waals surface area contributed by atoms with Crippen LogP contribution in [0.1, 0.15) is 62.4 Å². The standard InChI is InChI=1S/C27H28NS.C5H8O2.Ir/c1-16-10-17(2)12-21(11-16)23-9-8-20-15-24(29-26(20)28-23)25-18(3)13-22(14-19(25)4)27(5,6)7;1-4(6)3-5(2)7;/h8-11,13-15H,1-7H3;3,6H,1-2H3;/q-1;;/b;4-3-;. The number of pyridine rings is 1. The van der Waals surface area contributed by atoms with Crippen LogP contribution in [0.3, 0.4) is 0 Å². The van der Waals surface area contributed by atoms with Gasteiger partial charge in [0.2, 0.25) is 0 Å². The number of benzene rings is 2. The molecule has 0 bridgehead atoms. The Morgan fingerprint density at radius 1 is 0.973 bits per heavy atom. The summed E-state index contributed by atoms with van der Waals surface area (Å²) in [5.41, 5.74) is 10.0. The van der Waals surface area contributed by atoms with E-state index in [0.717, 1.165) is 21.7 Å². The van der Waals surface area contributed by atoms with Gasteiger partial charge in [0.15, 0.2) is 5.78 Å². The third-order valence-electron chi connectivity index (χ3n) is 5.86. The largest absolute Gasteiger partial charge is 0.512 e. The fourth-order valence-electron chi connectivity index (χ4n) is 4.30. The Bertz CT molecular complexity index is 1410. The first-order chi connectivity index (χ1) is 16.7. The molecule has 0 atom stereocenters. The van der Waals surface area contributed by atoms with Gasteiger partial charge >= 0.3 is 0 Å².